The first-order valence-corrected chi connectivity index (χ1v) is 10.6. The lowest BCUT2D eigenvalue weighted by Crippen LogP contribution is -2.49. The van der Waals surface area contributed by atoms with E-state index in [1.165, 1.54) is 12.8 Å². The van der Waals surface area contributed by atoms with Crippen LogP contribution in [-0.2, 0) is 5.41 Å². The van der Waals surface area contributed by atoms with E-state index in [0.29, 0.717) is 18.5 Å². The molecule has 2 aliphatic heterocycles. The van der Waals surface area contributed by atoms with Gasteiger partial charge in [0.1, 0.15) is 0 Å². The molecule has 1 aromatic heterocycles. The predicted octanol–water partition coefficient (Wildman–Crippen LogP) is 4.10. The molecule has 0 spiro atoms. The zero-order valence-electron chi connectivity index (χ0n) is 17.7. The average molecular weight is 373 g/mol. The number of amides is 2. The summed E-state index contributed by atoms with van der Waals surface area (Å²) in [5.74, 6) is 0.709. The van der Waals surface area contributed by atoms with Gasteiger partial charge in [0.25, 0.3) is 0 Å². The van der Waals surface area contributed by atoms with Crippen LogP contribution < -0.4 is 10.2 Å². The van der Waals surface area contributed by atoms with Crippen LogP contribution in [0.1, 0.15) is 64.8 Å². The molecular formula is C22H36N4O. The fourth-order valence-electron chi connectivity index (χ4n) is 4.22. The van der Waals surface area contributed by atoms with Crippen LogP contribution in [0.3, 0.4) is 0 Å². The van der Waals surface area contributed by atoms with Gasteiger partial charge in [0.2, 0.25) is 0 Å². The van der Waals surface area contributed by atoms with Gasteiger partial charge in [-0.15, -0.1) is 0 Å². The Kier molecular flexibility index (Phi) is 6.09. The van der Waals surface area contributed by atoms with Gasteiger partial charge in [-0.3, -0.25) is 9.88 Å². The molecule has 0 saturated carbocycles. The molecule has 3 heterocycles. The minimum atomic E-state index is -0.0994. The summed E-state index contributed by atoms with van der Waals surface area (Å²) < 4.78 is 0. The van der Waals surface area contributed by atoms with E-state index in [9.17, 15) is 4.79 Å². The fourth-order valence-corrected chi connectivity index (χ4v) is 4.22. The summed E-state index contributed by atoms with van der Waals surface area (Å²) in [6, 6.07) is 4.63. The van der Waals surface area contributed by atoms with Crippen LogP contribution in [-0.4, -0.2) is 48.1 Å². The third kappa shape index (κ3) is 4.63. The molecule has 0 bridgehead atoms. The normalized spacial score (nSPS) is 22.1. The lowest BCUT2D eigenvalue weighted by Gasteiger charge is -2.30. The second kappa shape index (κ2) is 8.17. The monoisotopic (exact) mass is 372 g/mol. The third-order valence-electron chi connectivity index (χ3n) is 5.83. The van der Waals surface area contributed by atoms with E-state index in [4.69, 9.17) is 4.98 Å². The molecule has 1 aromatic rings. The second-order valence-electron chi connectivity index (χ2n) is 9.35. The smallest absolute Gasteiger partial charge is 0.323 e. The number of anilines is 1. The molecule has 0 aromatic carbocycles. The Morgan fingerprint density at radius 1 is 1.33 bits per heavy atom. The third-order valence-corrected chi connectivity index (χ3v) is 5.83. The summed E-state index contributed by atoms with van der Waals surface area (Å²) in [5, 5.41) is 3.69. The van der Waals surface area contributed by atoms with Gasteiger partial charge in [-0.05, 0) is 50.8 Å². The van der Waals surface area contributed by atoms with Crippen molar-refractivity contribution in [3.63, 3.8) is 0 Å². The van der Waals surface area contributed by atoms with Gasteiger partial charge in [-0.25, -0.2) is 4.79 Å². The minimum Gasteiger partial charge on any atom is -0.323 e. The second-order valence-corrected chi connectivity index (χ2v) is 9.35. The Morgan fingerprint density at radius 3 is 2.85 bits per heavy atom. The van der Waals surface area contributed by atoms with Crippen LogP contribution in [0.15, 0.2) is 12.1 Å². The minimum absolute atomic E-state index is 0.0994. The number of likely N-dealkylation sites (tertiary alicyclic amines) is 1. The highest BCUT2D eigenvalue weighted by atomic mass is 16.2. The highest BCUT2D eigenvalue weighted by molar-refractivity contribution is 5.94. The molecule has 1 saturated heterocycles. The zero-order chi connectivity index (χ0) is 19.6. The van der Waals surface area contributed by atoms with E-state index in [-0.39, 0.29) is 11.4 Å². The molecule has 27 heavy (non-hydrogen) atoms. The van der Waals surface area contributed by atoms with Crippen molar-refractivity contribution >= 4 is 11.7 Å². The molecule has 150 valence electrons. The molecule has 1 N–H and O–H groups in total. The first kappa shape index (κ1) is 20.1. The zero-order valence-corrected chi connectivity index (χ0v) is 17.7. The van der Waals surface area contributed by atoms with E-state index in [0.717, 1.165) is 49.6 Å². The maximum absolute atomic E-state index is 13.4. The van der Waals surface area contributed by atoms with Crippen molar-refractivity contribution in [3.8, 4) is 0 Å². The average Bonchev–Trinajstić information content (AvgIpc) is 2.76. The number of hydrogen-bond acceptors (Lipinski definition) is 3. The van der Waals surface area contributed by atoms with E-state index >= 15 is 0 Å². The largest absolute Gasteiger partial charge is 0.324 e. The Labute approximate surface area is 164 Å². The van der Waals surface area contributed by atoms with Gasteiger partial charge in [0.15, 0.2) is 0 Å². The molecule has 2 amide bonds. The maximum atomic E-state index is 13.4. The lowest BCUT2D eigenvalue weighted by atomic mass is 9.91. The first-order valence-electron chi connectivity index (χ1n) is 10.6. The highest BCUT2D eigenvalue weighted by Gasteiger charge is 2.41. The van der Waals surface area contributed by atoms with Crippen LogP contribution in [0.5, 0.6) is 0 Å². The van der Waals surface area contributed by atoms with Crippen LogP contribution in [0.2, 0.25) is 0 Å². The Bertz CT molecular complexity index is 670. The molecule has 3 rings (SSSR count). The molecule has 1 unspecified atom stereocenters. The van der Waals surface area contributed by atoms with E-state index in [1.807, 2.05) is 17.9 Å². The van der Waals surface area contributed by atoms with Crippen molar-refractivity contribution in [2.24, 2.45) is 5.92 Å². The number of aromatic nitrogens is 1. The summed E-state index contributed by atoms with van der Waals surface area (Å²) in [6.45, 7) is 14.3. The Morgan fingerprint density at radius 2 is 2.11 bits per heavy atom. The van der Waals surface area contributed by atoms with Crippen molar-refractivity contribution in [2.75, 3.05) is 31.1 Å². The summed E-state index contributed by atoms with van der Waals surface area (Å²) in [5.41, 5.74) is 2.96. The number of pyridine rings is 1. The van der Waals surface area contributed by atoms with Gasteiger partial charge in [-0.1, -0.05) is 34.1 Å². The van der Waals surface area contributed by atoms with Crippen LogP contribution in [0, 0.1) is 12.8 Å². The molecule has 5 nitrogen and oxygen atoms in total. The highest BCUT2D eigenvalue weighted by Crippen LogP contribution is 2.39. The number of carbonyl (C=O) groups is 1. The first-order chi connectivity index (χ1) is 12.8. The van der Waals surface area contributed by atoms with Crippen LogP contribution in [0.25, 0.3) is 0 Å². The van der Waals surface area contributed by atoms with Crippen molar-refractivity contribution in [2.45, 2.75) is 71.8 Å². The topological polar surface area (TPSA) is 48.5 Å². The van der Waals surface area contributed by atoms with Gasteiger partial charge >= 0.3 is 6.03 Å². The number of nitrogens with one attached hydrogen (secondary N) is 1. The van der Waals surface area contributed by atoms with Gasteiger partial charge < -0.3 is 10.2 Å². The van der Waals surface area contributed by atoms with Crippen LogP contribution in [0.4, 0.5) is 10.5 Å². The summed E-state index contributed by atoms with van der Waals surface area (Å²) >= 11 is 0. The molecule has 0 aliphatic carbocycles. The SMILES string of the molecule is Cc1ccc2c(n1)C(C)(C)CN2C(=O)N1CCCCC(NCCC(C)C)C1. The molecule has 0 radical (unpaired) electrons. The number of rotatable bonds is 4. The van der Waals surface area contributed by atoms with Crippen LogP contribution >= 0.6 is 0 Å². The fraction of sp³-hybridized carbons (Fsp3) is 0.727. The van der Waals surface area contributed by atoms with E-state index < -0.39 is 0 Å². The maximum Gasteiger partial charge on any atom is 0.324 e. The number of hydrogen-bond donors (Lipinski definition) is 1. The van der Waals surface area contributed by atoms with Crippen molar-refractivity contribution in [1.29, 1.82) is 0 Å². The van der Waals surface area contributed by atoms with Gasteiger partial charge in [0.05, 0.1) is 11.4 Å². The molecule has 1 atom stereocenters. The molecular weight excluding hydrogens is 336 g/mol. The number of fused-ring (bicyclic) bond motifs is 1. The number of carbonyl (C=O) groups excluding carboxylic acids is 1. The van der Waals surface area contributed by atoms with Crippen molar-refractivity contribution in [3.05, 3.63) is 23.5 Å². The summed E-state index contributed by atoms with van der Waals surface area (Å²) in [7, 11) is 0. The van der Waals surface area contributed by atoms with Crippen molar-refractivity contribution < 1.29 is 4.79 Å². The number of urea groups is 1. The molecule has 5 heteroatoms. The summed E-state index contributed by atoms with van der Waals surface area (Å²) in [6.07, 6.45) is 4.62. The van der Waals surface area contributed by atoms with E-state index in [2.05, 4.69) is 44.0 Å². The Hall–Kier alpha value is -1.62. The van der Waals surface area contributed by atoms with Crippen molar-refractivity contribution in [1.82, 2.24) is 15.2 Å². The predicted molar refractivity (Wildman–Crippen MR) is 111 cm³/mol. The lowest BCUT2D eigenvalue weighted by molar-refractivity contribution is 0.201. The number of nitrogens with zero attached hydrogens (tertiary/aromatic N) is 3. The molecule has 1 fully saturated rings. The molecule has 2 aliphatic rings. The summed E-state index contributed by atoms with van der Waals surface area (Å²) in [4.78, 5) is 22.2. The Balaban J connectivity index is 1.71. The van der Waals surface area contributed by atoms with Gasteiger partial charge in [0, 0.05) is 36.8 Å². The quantitative estimate of drug-likeness (QED) is 0.866. The number of aryl methyl sites for hydroxylation is 1. The standard InChI is InChI=1S/C22H36N4O/c1-16(2)11-12-23-18-8-6-7-13-25(14-18)21(27)26-15-22(4,5)20-19(26)10-9-17(3)24-20/h9-10,16,18,23H,6-8,11-15H2,1-5H3. The van der Waals surface area contributed by atoms with E-state index in [1.54, 1.807) is 0 Å². The van der Waals surface area contributed by atoms with Gasteiger partial charge in [-0.2, -0.15) is 0 Å².